The van der Waals surface area contributed by atoms with Crippen LogP contribution in [0.2, 0.25) is 0 Å². The molecule has 2 aliphatic carbocycles. The summed E-state index contributed by atoms with van der Waals surface area (Å²) in [6.45, 7) is 9.34. The van der Waals surface area contributed by atoms with Crippen molar-refractivity contribution in [3.63, 3.8) is 0 Å². The molecule has 0 bridgehead atoms. The molecule has 0 atom stereocenters. The molecule has 0 aromatic rings. The van der Waals surface area contributed by atoms with Crippen molar-refractivity contribution in [1.29, 1.82) is 0 Å². The summed E-state index contributed by atoms with van der Waals surface area (Å²) in [6, 6.07) is 0. The Bertz CT molecular complexity index is 402. The Morgan fingerprint density at radius 1 is 0.842 bits per heavy atom. The first-order valence-electron chi connectivity index (χ1n) is 7.60. The van der Waals surface area contributed by atoms with Crippen molar-refractivity contribution < 1.29 is 23.2 Å². The molecule has 0 saturated heterocycles. The first-order chi connectivity index (χ1) is 9.06. The molecule has 0 aromatic carbocycles. The average molecular weight is 334 g/mol. The summed E-state index contributed by atoms with van der Waals surface area (Å²) in [5, 5.41) is 0. The first kappa shape index (κ1) is 15.2. The SMILES string of the molecule is CC(C)CC1=[C]([Zr][C]2=C(CC(C)C)C=CC2)CC=C1. The van der Waals surface area contributed by atoms with E-state index in [1.807, 2.05) is 6.56 Å². The third-order valence-corrected chi connectivity index (χ3v) is 7.68. The maximum atomic E-state index is 2.40. The fourth-order valence-corrected chi connectivity index (χ4v) is 6.49. The summed E-state index contributed by atoms with van der Waals surface area (Å²) in [5.74, 6) is 1.58. The topological polar surface area (TPSA) is 0 Å². The van der Waals surface area contributed by atoms with Gasteiger partial charge in [0.25, 0.3) is 0 Å². The minimum atomic E-state index is -0.495. The van der Waals surface area contributed by atoms with E-state index < -0.39 is 23.2 Å². The van der Waals surface area contributed by atoms with Crippen LogP contribution in [-0.4, -0.2) is 0 Å². The molecule has 0 nitrogen and oxygen atoms in total. The zero-order valence-corrected chi connectivity index (χ0v) is 15.3. The van der Waals surface area contributed by atoms with Crippen molar-refractivity contribution in [2.24, 2.45) is 11.8 Å². The number of rotatable bonds is 6. The van der Waals surface area contributed by atoms with Crippen molar-refractivity contribution in [1.82, 2.24) is 0 Å². The van der Waals surface area contributed by atoms with E-state index in [4.69, 9.17) is 0 Å². The molecule has 0 aliphatic heterocycles. The van der Waals surface area contributed by atoms with Crippen LogP contribution >= 0.6 is 0 Å². The van der Waals surface area contributed by atoms with E-state index in [1.165, 1.54) is 25.7 Å². The maximum absolute atomic E-state index is 2.40. The molecule has 0 aromatic heterocycles. The van der Waals surface area contributed by atoms with Crippen LogP contribution in [-0.2, 0) is 23.2 Å². The Labute approximate surface area is 130 Å². The molecule has 2 rings (SSSR count). The Hall–Kier alpha value is -0.157. The van der Waals surface area contributed by atoms with Crippen LogP contribution in [0.25, 0.3) is 0 Å². The van der Waals surface area contributed by atoms with E-state index in [0.717, 1.165) is 11.8 Å². The zero-order chi connectivity index (χ0) is 13.8. The quantitative estimate of drug-likeness (QED) is 0.594. The van der Waals surface area contributed by atoms with Gasteiger partial charge in [-0.2, -0.15) is 0 Å². The van der Waals surface area contributed by atoms with Crippen molar-refractivity contribution >= 4 is 0 Å². The predicted octanol–water partition coefficient (Wildman–Crippen LogP) is 5.59. The molecular formula is C18H26Zr. The van der Waals surface area contributed by atoms with Gasteiger partial charge in [-0.1, -0.05) is 0 Å². The molecule has 1 heteroatoms. The predicted molar refractivity (Wildman–Crippen MR) is 80.5 cm³/mol. The van der Waals surface area contributed by atoms with Gasteiger partial charge in [-0.25, -0.2) is 0 Å². The third-order valence-electron chi connectivity index (χ3n) is 3.62. The molecule has 2 aliphatic rings. The van der Waals surface area contributed by atoms with Gasteiger partial charge in [0.2, 0.25) is 0 Å². The molecule has 0 N–H and O–H groups in total. The Balaban J connectivity index is 2.08. The summed E-state index contributed by atoms with van der Waals surface area (Å²) >= 11 is -0.495. The van der Waals surface area contributed by atoms with E-state index in [0.29, 0.717) is 0 Å². The molecule has 0 fully saturated rings. The van der Waals surface area contributed by atoms with Gasteiger partial charge in [0.05, 0.1) is 0 Å². The Kier molecular flexibility index (Phi) is 5.63. The summed E-state index contributed by atoms with van der Waals surface area (Å²) in [6.07, 6.45) is 14.7. The fourth-order valence-electron chi connectivity index (χ4n) is 2.81. The van der Waals surface area contributed by atoms with E-state index in [9.17, 15) is 0 Å². The van der Waals surface area contributed by atoms with Gasteiger partial charge < -0.3 is 0 Å². The molecule has 19 heavy (non-hydrogen) atoms. The van der Waals surface area contributed by atoms with Gasteiger partial charge in [0.15, 0.2) is 0 Å². The van der Waals surface area contributed by atoms with Gasteiger partial charge in [0, 0.05) is 0 Å². The first-order valence-corrected chi connectivity index (χ1v) is 10.1. The van der Waals surface area contributed by atoms with Crippen LogP contribution < -0.4 is 0 Å². The molecule has 0 saturated carbocycles. The van der Waals surface area contributed by atoms with Gasteiger partial charge >= 0.3 is 130 Å². The van der Waals surface area contributed by atoms with Crippen LogP contribution in [0.5, 0.6) is 0 Å². The summed E-state index contributed by atoms with van der Waals surface area (Å²) in [7, 11) is 0. The van der Waals surface area contributed by atoms with Gasteiger partial charge in [-0.15, -0.1) is 0 Å². The molecule has 0 unspecified atom stereocenters. The van der Waals surface area contributed by atoms with Gasteiger partial charge in [-0.3, -0.25) is 0 Å². The summed E-state index contributed by atoms with van der Waals surface area (Å²) < 4.78 is 3.69. The normalized spacial score (nSPS) is 18.6. The minimum absolute atomic E-state index is 0.495. The van der Waals surface area contributed by atoms with E-state index in [2.05, 4.69) is 52.0 Å². The number of allylic oxidation sites excluding steroid dienone is 8. The fraction of sp³-hybridized carbons (Fsp3) is 0.556. The number of hydrogen-bond donors (Lipinski definition) is 0. The molecule has 0 heterocycles. The Morgan fingerprint density at radius 3 is 1.63 bits per heavy atom. The van der Waals surface area contributed by atoms with Crippen LogP contribution in [0.3, 0.4) is 0 Å². The van der Waals surface area contributed by atoms with Gasteiger partial charge in [-0.05, 0) is 0 Å². The monoisotopic (exact) mass is 332 g/mol. The standard InChI is InChI=1S/2C9H13.Zr/c2*1-8(2)7-9-5-3-4-6-9;/h2*3,5,8H,4,7H2,1-2H3;. The van der Waals surface area contributed by atoms with E-state index >= 15 is 0 Å². The van der Waals surface area contributed by atoms with Crippen molar-refractivity contribution in [2.75, 3.05) is 0 Å². The van der Waals surface area contributed by atoms with Crippen molar-refractivity contribution in [2.45, 2.75) is 53.4 Å². The number of hydrogen-bond acceptors (Lipinski definition) is 0. The Morgan fingerprint density at radius 2 is 1.26 bits per heavy atom. The van der Waals surface area contributed by atoms with Crippen LogP contribution in [0.15, 0.2) is 42.0 Å². The molecular weight excluding hydrogens is 307 g/mol. The summed E-state index contributed by atoms with van der Waals surface area (Å²) in [5.41, 5.74) is 3.37. The second-order valence-corrected chi connectivity index (χ2v) is 10.1. The summed E-state index contributed by atoms with van der Waals surface area (Å²) in [4.78, 5) is 0. The second-order valence-electron chi connectivity index (χ2n) is 6.54. The van der Waals surface area contributed by atoms with Crippen molar-refractivity contribution in [3.8, 4) is 0 Å². The second kappa shape index (κ2) is 7.03. The van der Waals surface area contributed by atoms with E-state index in [1.54, 1.807) is 11.1 Å². The average Bonchev–Trinajstić information content (AvgIpc) is 2.89. The van der Waals surface area contributed by atoms with Crippen molar-refractivity contribution in [3.05, 3.63) is 42.0 Å². The van der Waals surface area contributed by atoms with Crippen LogP contribution in [0.1, 0.15) is 53.4 Å². The molecule has 0 radical (unpaired) electrons. The van der Waals surface area contributed by atoms with Crippen LogP contribution in [0, 0.1) is 11.8 Å². The van der Waals surface area contributed by atoms with E-state index in [-0.39, 0.29) is 0 Å². The van der Waals surface area contributed by atoms with Gasteiger partial charge in [0.1, 0.15) is 0 Å². The molecule has 0 spiro atoms. The molecule has 0 amide bonds. The van der Waals surface area contributed by atoms with Crippen LogP contribution in [0.4, 0.5) is 0 Å². The zero-order valence-electron chi connectivity index (χ0n) is 12.8. The molecule has 102 valence electrons. The third kappa shape index (κ3) is 4.42.